The van der Waals surface area contributed by atoms with Crippen LogP contribution in [0.25, 0.3) is 10.1 Å². The molecule has 0 fully saturated rings. The summed E-state index contributed by atoms with van der Waals surface area (Å²) < 4.78 is 2.16. The van der Waals surface area contributed by atoms with Crippen LogP contribution < -0.4 is 0 Å². The van der Waals surface area contributed by atoms with Crippen molar-refractivity contribution in [3.8, 4) is 0 Å². The Labute approximate surface area is 88.5 Å². The SMILES string of the molecule is Cc1c(Br)c(C=O)cc2ccsc12. The lowest BCUT2D eigenvalue weighted by atomic mass is 10.1. The maximum Gasteiger partial charge on any atom is 0.151 e. The number of thiophene rings is 1. The molecule has 0 N–H and O–H groups in total. The zero-order valence-electron chi connectivity index (χ0n) is 7.00. The number of hydrogen-bond acceptors (Lipinski definition) is 2. The number of hydrogen-bond donors (Lipinski definition) is 0. The van der Waals surface area contributed by atoms with Crippen molar-refractivity contribution in [2.45, 2.75) is 6.92 Å². The summed E-state index contributed by atoms with van der Waals surface area (Å²) >= 11 is 5.12. The van der Waals surface area contributed by atoms with Crippen LogP contribution in [-0.2, 0) is 0 Å². The van der Waals surface area contributed by atoms with E-state index in [1.54, 1.807) is 11.3 Å². The summed E-state index contributed by atoms with van der Waals surface area (Å²) in [6.07, 6.45) is 0.883. The lowest BCUT2D eigenvalue weighted by Gasteiger charge is -2.02. The molecule has 0 amide bonds. The number of aryl methyl sites for hydroxylation is 1. The molecular formula is C10H7BrOS. The van der Waals surface area contributed by atoms with Crippen LogP contribution in [0.1, 0.15) is 15.9 Å². The highest BCUT2D eigenvalue weighted by molar-refractivity contribution is 9.10. The normalized spacial score (nSPS) is 10.6. The van der Waals surface area contributed by atoms with Gasteiger partial charge >= 0.3 is 0 Å². The summed E-state index contributed by atoms with van der Waals surface area (Å²) in [6, 6.07) is 3.95. The molecule has 0 radical (unpaired) electrons. The Balaban J connectivity index is 2.91. The van der Waals surface area contributed by atoms with Crippen molar-refractivity contribution in [2.75, 3.05) is 0 Å². The summed E-state index contributed by atoms with van der Waals surface area (Å²) in [4.78, 5) is 10.7. The van der Waals surface area contributed by atoms with Gasteiger partial charge in [-0.1, -0.05) is 0 Å². The summed E-state index contributed by atoms with van der Waals surface area (Å²) in [6.45, 7) is 2.02. The molecule has 1 aromatic carbocycles. The largest absolute Gasteiger partial charge is 0.298 e. The fourth-order valence-electron chi connectivity index (χ4n) is 1.37. The molecule has 0 aliphatic rings. The molecule has 0 saturated carbocycles. The van der Waals surface area contributed by atoms with Crippen LogP contribution in [-0.4, -0.2) is 6.29 Å². The van der Waals surface area contributed by atoms with Crippen LogP contribution in [0.4, 0.5) is 0 Å². The molecule has 0 aliphatic carbocycles. The van der Waals surface area contributed by atoms with Gasteiger partial charge in [0.25, 0.3) is 0 Å². The van der Waals surface area contributed by atoms with E-state index in [1.807, 2.05) is 24.4 Å². The first-order chi connectivity index (χ1) is 6.24. The van der Waals surface area contributed by atoms with Gasteiger partial charge in [-0.05, 0) is 51.3 Å². The summed E-state index contributed by atoms with van der Waals surface area (Å²) in [7, 11) is 0. The second kappa shape index (κ2) is 3.24. The Bertz CT molecular complexity index is 473. The Morgan fingerprint density at radius 1 is 1.54 bits per heavy atom. The smallest absolute Gasteiger partial charge is 0.151 e. The maximum absolute atomic E-state index is 10.7. The molecule has 1 heterocycles. The number of carbonyl (C=O) groups excluding carboxylic acids is 1. The third kappa shape index (κ3) is 1.32. The number of rotatable bonds is 1. The monoisotopic (exact) mass is 254 g/mol. The van der Waals surface area contributed by atoms with E-state index in [4.69, 9.17) is 0 Å². The van der Waals surface area contributed by atoms with E-state index in [0.717, 1.165) is 27.3 Å². The molecule has 1 nitrogen and oxygen atoms in total. The van der Waals surface area contributed by atoms with Crippen LogP contribution in [0.2, 0.25) is 0 Å². The summed E-state index contributed by atoms with van der Waals surface area (Å²) in [5, 5.41) is 3.19. The topological polar surface area (TPSA) is 17.1 Å². The number of halogens is 1. The van der Waals surface area contributed by atoms with Crippen LogP contribution in [0.3, 0.4) is 0 Å². The standard InChI is InChI=1S/C10H7BrOS/c1-6-9(11)8(5-12)4-7-2-3-13-10(6)7/h2-5H,1H3. The highest BCUT2D eigenvalue weighted by Crippen LogP contribution is 2.32. The average Bonchev–Trinajstić information content (AvgIpc) is 2.59. The molecular weight excluding hydrogens is 248 g/mol. The average molecular weight is 255 g/mol. The van der Waals surface area contributed by atoms with Gasteiger partial charge in [0.15, 0.2) is 6.29 Å². The second-order valence-electron chi connectivity index (χ2n) is 2.86. The van der Waals surface area contributed by atoms with Gasteiger partial charge in [-0.15, -0.1) is 11.3 Å². The van der Waals surface area contributed by atoms with Crippen LogP contribution in [0.5, 0.6) is 0 Å². The van der Waals surface area contributed by atoms with Crippen molar-refractivity contribution in [3.63, 3.8) is 0 Å². The van der Waals surface area contributed by atoms with Gasteiger partial charge in [0.1, 0.15) is 0 Å². The number of benzene rings is 1. The van der Waals surface area contributed by atoms with E-state index >= 15 is 0 Å². The molecule has 1 aromatic heterocycles. The van der Waals surface area contributed by atoms with Crippen LogP contribution >= 0.6 is 27.3 Å². The number of carbonyl (C=O) groups is 1. The van der Waals surface area contributed by atoms with Gasteiger partial charge < -0.3 is 0 Å². The molecule has 2 aromatic rings. The van der Waals surface area contributed by atoms with Gasteiger partial charge in [-0.2, -0.15) is 0 Å². The first-order valence-electron chi connectivity index (χ1n) is 3.85. The van der Waals surface area contributed by atoms with Crippen molar-refractivity contribution in [1.82, 2.24) is 0 Å². The number of fused-ring (bicyclic) bond motifs is 1. The minimum Gasteiger partial charge on any atom is -0.298 e. The summed E-state index contributed by atoms with van der Waals surface area (Å²) in [5.41, 5.74) is 1.87. The van der Waals surface area contributed by atoms with Crippen LogP contribution in [0, 0.1) is 6.92 Å². The van der Waals surface area contributed by atoms with Gasteiger partial charge in [0.05, 0.1) is 0 Å². The molecule has 0 spiro atoms. The van der Waals surface area contributed by atoms with E-state index in [0.29, 0.717) is 0 Å². The zero-order valence-corrected chi connectivity index (χ0v) is 9.41. The third-order valence-corrected chi connectivity index (χ3v) is 4.16. The Hall–Kier alpha value is -0.670. The second-order valence-corrected chi connectivity index (χ2v) is 4.57. The van der Waals surface area contributed by atoms with E-state index in [2.05, 4.69) is 15.9 Å². The maximum atomic E-state index is 10.7. The Kier molecular flexibility index (Phi) is 2.22. The van der Waals surface area contributed by atoms with E-state index in [9.17, 15) is 4.79 Å². The van der Waals surface area contributed by atoms with E-state index < -0.39 is 0 Å². The van der Waals surface area contributed by atoms with Gasteiger partial charge in [0.2, 0.25) is 0 Å². The minimum absolute atomic E-state index is 0.725. The van der Waals surface area contributed by atoms with Crippen molar-refractivity contribution < 1.29 is 4.79 Å². The van der Waals surface area contributed by atoms with Crippen LogP contribution in [0.15, 0.2) is 22.0 Å². The predicted octanol–water partition coefficient (Wildman–Crippen LogP) is 3.78. The molecule has 0 atom stereocenters. The van der Waals surface area contributed by atoms with E-state index in [1.165, 1.54) is 4.70 Å². The lowest BCUT2D eigenvalue weighted by molar-refractivity contribution is 0.112. The van der Waals surface area contributed by atoms with E-state index in [-0.39, 0.29) is 0 Å². The van der Waals surface area contributed by atoms with Crippen molar-refractivity contribution >= 4 is 43.6 Å². The zero-order chi connectivity index (χ0) is 9.42. The quantitative estimate of drug-likeness (QED) is 0.708. The molecule has 0 unspecified atom stereocenters. The predicted molar refractivity (Wildman–Crippen MR) is 59.6 cm³/mol. The highest BCUT2D eigenvalue weighted by atomic mass is 79.9. The van der Waals surface area contributed by atoms with Gasteiger partial charge in [0, 0.05) is 14.7 Å². The first kappa shape index (κ1) is 8.91. The summed E-state index contributed by atoms with van der Waals surface area (Å²) in [5.74, 6) is 0. The fraction of sp³-hybridized carbons (Fsp3) is 0.100. The molecule has 0 aliphatic heterocycles. The molecule has 66 valence electrons. The van der Waals surface area contributed by atoms with Crippen molar-refractivity contribution in [2.24, 2.45) is 0 Å². The molecule has 0 bridgehead atoms. The lowest BCUT2D eigenvalue weighted by Crippen LogP contribution is -1.85. The van der Waals surface area contributed by atoms with Gasteiger partial charge in [-0.3, -0.25) is 4.79 Å². The van der Waals surface area contributed by atoms with Gasteiger partial charge in [-0.25, -0.2) is 0 Å². The molecule has 3 heteroatoms. The Morgan fingerprint density at radius 3 is 3.00 bits per heavy atom. The van der Waals surface area contributed by atoms with Crippen molar-refractivity contribution in [3.05, 3.63) is 33.1 Å². The minimum atomic E-state index is 0.725. The number of aldehydes is 1. The first-order valence-corrected chi connectivity index (χ1v) is 5.53. The Morgan fingerprint density at radius 2 is 2.31 bits per heavy atom. The fourth-order valence-corrected chi connectivity index (χ4v) is 2.80. The van der Waals surface area contributed by atoms with Crippen molar-refractivity contribution in [1.29, 1.82) is 0 Å². The molecule has 0 saturated heterocycles. The molecule has 13 heavy (non-hydrogen) atoms. The molecule has 2 rings (SSSR count). The third-order valence-electron chi connectivity index (χ3n) is 2.06. The highest BCUT2D eigenvalue weighted by Gasteiger charge is 2.07.